The van der Waals surface area contributed by atoms with Crippen molar-refractivity contribution in [2.24, 2.45) is 12.5 Å². The van der Waals surface area contributed by atoms with Gasteiger partial charge in [-0.15, -0.1) is 5.10 Å². The smallest absolute Gasteiger partial charge is 0.305 e. The Morgan fingerprint density at radius 2 is 0.827 bits per heavy atom. The zero-order valence-electron chi connectivity index (χ0n) is 46.9. The maximum atomic E-state index is 10.5. The summed E-state index contributed by atoms with van der Waals surface area (Å²) >= 11 is 0. The number of nitrogens with zero attached hydrogens (tertiary/aromatic N) is 3. The number of carboxylic acid groups (broad SMARTS) is 8. The zero-order chi connectivity index (χ0) is 61.1. The highest BCUT2D eigenvalue weighted by molar-refractivity contribution is 5.69. The number of aromatic nitrogens is 3. The molecule has 0 fully saturated rings. The van der Waals surface area contributed by atoms with Gasteiger partial charge in [0.15, 0.2) is 0 Å². The van der Waals surface area contributed by atoms with Gasteiger partial charge in [0.2, 0.25) is 0 Å². The van der Waals surface area contributed by atoms with Crippen LogP contribution in [0.25, 0.3) is 0 Å². The van der Waals surface area contributed by atoms with Crippen molar-refractivity contribution in [2.75, 3.05) is 98.6 Å². The number of rotatable bonds is 42. The molecule has 27 heteroatoms. The second-order valence-electron chi connectivity index (χ2n) is 17.8. The third-order valence-electron chi connectivity index (χ3n) is 10.8. The van der Waals surface area contributed by atoms with E-state index in [4.69, 9.17) is 69.3 Å². The van der Waals surface area contributed by atoms with E-state index in [0.29, 0.717) is 91.1 Å². The Morgan fingerprint density at radius 1 is 0.481 bits per heavy atom. The van der Waals surface area contributed by atoms with Gasteiger partial charge in [-0.05, 0) is 85.8 Å². The van der Waals surface area contributed by atoms with Crippen LogP contribution >= 0.6 is 0 Å². The molecule has 0 unspecified atom stereocenters. The summed E-state index contributed by atoms with van der Waals surface area (Å²) in [5.74, 6) is -5.97. The summed E-state index contributed by atoms with van der Waals surface area (Å²) in [6.07, 6.45) is 6.69. The molecule has 1 aromatic heterocycles. The molecule has 1 heterocycles. The molecule has 0 aliphatic carbocycles. The Morgan fingerprint density at radius 3 is 1.14 bits per heavy atom. The number of carbonyl (C=O) groups is 8. The number of hydrogen-bond acceptors (Lipinski definition) is 18. The van der Waals surface area contributed by atoms with Crippen molar-refractivity contribution in [3.63, 3.8) is 0 Å². The first-order chi connectivity index (χ1) is 38.5. The summed E-state index contributed by atoms with van der Waals surface area (Å²) < 4.78 is 32.7. The standard InChI is InChI=1S/C17H30O9.C10H19NO6.C10H13NO2.C10H12O3.C7H11N3O2/c1-17(5-11-24-8-2-14(18)19,6-12-25-9-3-15(20)21)7-13-26-10-4-16(22)23;12-9(13)1-5-16-7-3-11-4-8-17-6-2-10(14)15;1-11-9-5-2-8(3-6-9)4-7-10(12)13;1-13-9-5-2-8(3-6-9)4-7-10(11)12;1-10-5-6(8-9-10)3-2-4-7(11)12/h2-13H2,1H3,(H,18,19)(H,20,21)(H,22,23);11H,1-8H2,(H,12,13)(H,14,15);2-3,5-6,11H,4,7H2,1H3,(H,12,13);2-3,5-6H,4,7H2,1H3,(H,11,12);5H,2-4H2,1H3,(H,11,12). The molecule has 0 spiro atoms. The van der Waals surface area contributed by atoms with Gasteiger partial charge < -0.3 is 79.9 Å². The molecule has 0 saturated carbocycles. The first-order valence-electron chi connectivity index (χ1n) is 26.1. The van der Waals surface area contributed by atoms with E-state index in [-0.39, 0.29) is 89.8 Å². The molecule has 0 saturated heterocycles. The molecule has 10 N–H and O–H groups in total. The molecule has 0 aliphatic heterocycles. The minimum Gasteiger partial charge on any atom is -0.497 e. The van der Waals surface area contributed by atoms with Crippen molar-refractivity contribution in [3.05, 3.63) is 71.5 Å². The number of carboxylic acids is 8. The van der Waals surface area contributed by atoms with Crippen LogP contribution in [0, 0.1) is 5.41 Å². The Labute approximate surface area is 471 Å². The Kier molecular flexibility index (Phi) is 46.5. The number of aliphatic carboxylic acids is 8. The Balaban J connectivity index is 0. The van der Waals surface area contributed by atoms with Crippen LogP contribution in [-0.4, -0.2) is 197 Å². The van der Waals surface area contributed by atoms with E-state index in [1.807, 2.05) is 62.5 Å². The lowest BCUT2D eigenvalue weighted by Gasteiger charge is -2.29. The quantitative estimate of drug-likeness (QED) is 0.0338. The molecular weight excluding hydrogens is 1070 g/mol. The highest BCUT2D eigenvalue weighted by Crippen LogP contribution is 2.30. The summed E-state index contributed by atoms with van der Waals surface area (Å²) in [6.45, 7) is 6.21. The predicted molar refractivity (Wildman–Crippen MR) is 293 cm³/mol. The maximum absolute atomic E-state index is 10.5. The van der Waals surface area contributed by atoms with Crippen LogP contribution in [0.2, 0.25) is 0 Å². The number of benzene rings is 2. The average Bonchev–Trinajstić information content (AvgIpc) is 3.84. The Bertz CT molecular complexity index is 2030. The third-order valence-corrected chi connectivity index (χ3v) is 10.8. The lowest BCUT2D eigenvalue weighted by Crippen LogP contribution is -2.24. The number of nitrogens with one attached hydrogen (secondary N) is 2. The maximum Gasteiger partial charge on any atom is 0.305 e. The molecule has 27 nitrogen and oxygen atoms in total. The number of anilines is 1. The normalized spacial score (nSPS) is 10.4. The van der Waals surface area contributed by atoms with E-state index in [2.05, 4.69) is 20.9 Å². The minimum atomic E-state index is -0.911. The van der Waals surface area contributed by atoms with Crippen LogP contribution < -0.4 is 15.4 Å². The summed E-state index contributed by atoms with van der Waals surface area (Å²) in [5.41, 5.74) is 3.76. The van der Waals surface area contributed by atoms with Gasteiger partial charge in [-0.3, -0.25) is 43.0 Å². The molecule has 0 aliphatic rings. The van der Waals surface area contributed by atoms with Crippen molar-refractivity contribution in [1.82, 2.24) is 20.3 Å². The summed E-state index contributed by atoms with van der Waals surface area (Å²) in [6, 6.07) is 15.2. The van der Waals surface area contributed by atoms with E-state index in [1.165, 1.54) is 0 Å². The van der Waals surface area contributed by atoms with E-state index in [9.17, 15) is 38.4 Å². The van der Waals surface area contributed by atoms with Crippen LogP contribution in [-0.2, 0) is 88.4 Å². The highest BCUT2D eigenvalue weighted by atomic mass is 16.5. The van der Waals surface area contributed by atoms with Crippen LogP contribution in [0.3, 0.4) is 0 Å². The van der Waals surface area contributed by atoms with Crippen molar-refractivity contribution in [3.8, 4) is 5.75 Å². The monoisotopic (exact) mass is 1160 g/mol. The number of ether oxygens (including phenoxy) is 6. The fourth-order valence-corrected chi connectivity index (χ4v) is 6.12. The zero-order valence-corrected chi connectivity index (χ0v) is 46.9. The van der Waals surface area contributed by atoms with Gasteiger partial charge in [-0.1, -0.05) is 36.4 Å². The topological polar surface area (TPSA) is 409 Å². The van der Waals surface area contributed by atoms with Gasteiger partial charge in [0.25, 0.3) is 0 Å². The summed E-state index contributed by atoms with van der Waals surface area (Å²) in [4.78, 5) is 82.4. The molecular formula is C54H85N5O22. The molecule has 0 atom stereocenters. The van der Waals surface area contributed by atoms with Crippen LogP contribution in [0.1, 0.15) is 101 Å². The average molecular weight is 1160 g/mol. The van der Waals surface area contributed by atoms with Gasteiger partial charge >= 0.3 is 47.8 Å². The van der Waals surface area contributed by atoms with Crippen molar-refractivity contribution in [1.29, 1.82) is 0 Å². The fraction of sp³-hybridized carbons (Fsp3) is 0.593. The molecule has 3 aromatic rings. The predicted octanol–water partition coefficient (Wildman–Crippen LogP) is 4.88. The van der Waals surface area contributed by atoms with Gasteiger partial charge in [0.1, 0.15) is 5.75 Å². The Hall–Kier alpha value is -7.30. The summed E-state index contributed by atoms with van der Waals surface area (Å²) in [5, 5.41) is 81.3. The van der Waals surface area contributed by atoms with Gasteiger partial charge in [-0.2, -0.15) is 0 Å². The van der Waals surface area contributed by atoms with E-state index < -0.39 is 47.8 Å². The molecule has 0 amide bonds. The number of methoxy groups -OCH3 is 1. The van der Waals surface area contributed by atoms with Crippen molar-refractivity contribution >= 4 is 53.4 Å². The SMILES string of the molecule is CC(CCOCCC(=O)O)(CCOCCC(=O)O)CCOCCC(=O)O.CNc1ccc(CCC(=O)O)cc1.COc1ccc(CCC(=O)O)cc1.Cn1cc(CCCC(=O)O)nn1.O=C(O)CCOCCNCCOCCC(=O)O. The molecule has 81 heavy (non-hydrogen) atoms. The molecule has 3 rings (SSSR count). The second kappa shape index (κ2) is 49.7. The van der Waals surface area contributed by atoms with Crippen LogP contribution in [0.5, 0.6) is 5.75 Å². The fourth-order valence-electron chi connectivity index (χ4n) is 6.12. The van der Waals surface area contributed by atoms with Gasteiger partial charge in [0, 0.05) is 78.2 Å². The summed E-state index contributed by atoms with van der Waals surface area (Å²) in [7, 11) is 5.24. The third kappa shape index (κ3) is 53.1. The lowest BCUT2D eigenvalue weighted by molar-refractivity contribution is -0.139. The first-order valence-corrected chi connectivity index (χ1v) is 26.1. The van der Waals surface area contributed by atoms with Gasteiger partial charge in [0.05, 0.1) is 91.2 Å². The largest absolute Gasteiger partial charge is 0.497 e. The highest BCUT2D eigenvalue weighted by Gasteiger charge is 2.24. The van der Waals surface area contributed by atoms with E-state index >= 15 is 0 Å². The van der Waals surface area contributed by atoms with Gasteiger partial charge in [-0.25, -0.2) is 0 Å². The second-order valence-corrected chi connectivity index (χ2v) is 17.8. The van der Waals surface area contributed by atoms with Crippen LogP contribution in [0.15, 0.2) is 54.7 Å². The number of hydrogen-bond donors (Lipinski definition) is 10. The lowest BCUT2D eigenvalue weighted by atomic mass is 9.81. The van der Waals surface area contributed by atoms with Crippen molar-refractivity contribution in [2.45, 2.75) is 103 Å². The molecule has 0 radical (unpaired) electrons. The minimum absolute atomic E-state index is 0.0122. The molecule has 458 valence electrons. The van der Waals surface area contributed by atoms with E-state index in [1.54, 1.807) is 25.0 Å². The van der Waals surface area contributed by atoms with E-state index in [0.717, 1.165) is 28.3 Å². The van der Waals surface area contributed by atoms with Crippen LogP contribution in [0.4, 0.5) is 5.69 Å². The van der Waals surface area contributed by atoms with Crippen molar-refractivity contribution < 1.29 is 108 Å². The molecule has 2 aromatic carbocycles. The first kappa shape index (κ1) is 75.8. The molecule has 0 bridgehead atoms. The number of aryl methyl sites for hydroxylation is 4.